The molecule has 0 saturated carbocycles. The Labute approximate surface area is 245 Å². The number of likely N-dealkylation sites (N-methyl/N-ethyl adjacent to an activating group) is 1. The van der Waals surface area contributed by atoms with E-state index in [9.17, 15) is 4.79 Å². The molecule has 0 aromatic heterocycles. The van der Waals surface area contributed by atoms with Crippen LogP contribution in [0.2, 0.25) is 5.02 Å². The zero-order valence-electron chi connectivity index (χ0n) is 25.1. The molecule has 9 heteroatoms. The molecule has 8 nitrogen and oxygen atoms in total. The Bertz CT molecular complexity index is 1140. The van der Waals surface area contributed by atoms with E-state index in [0.29, 0.717) is 46.1 Å². The topological polar surface area (TPSA) is 87.6 Å². The van der Waals surface area contributed by atoms with Crippen LogP contribution < -0.4 is 10.8 Å². The predicted molar refractivity (Wildman–Crippen MR) is 166 cm³/mol. The Kier molecular flexibility index (Phi) is 14.1. The fraction of sp³-hybridized carbons (Fsp3) is 0.516. The Morgan fingerprint density at radius 2 is 1.95 bits per heavy atom. The summed E-state index contributed by atoms with van der Waals surface area (Å²) in [5.41, 5.74) is 5.60. The van der Waals surface area contributed by atoms with Crippen molar-refractivity contribution in [3.05, 3.63) is 64.5 Å². The largest absolute Gasteiger partial charge is 0.381 e. The molecule has 3 heterocycles. The molecule has 220 valence electrons. The summed E-state index contributed by atoms with van der Waals surface area (Å²) < 4.78 is 5.43. The number of hydrogen-bond acceptors (Lipinski definition) is 7. The normalized spacial score (nSPS) is 21.1. The second kappa shape index (κ2) is 17.0. The van der Waals surface area contributed by atoms with Crippen molar-refractivity contribution < 1.29 is 14.4 Å². The minimum absolute atomic E-state index is 0.156. The SMILES string of the molecule is C=C(/N=C1\C(=C/C)C=C(c2ccc(C3=NC(C)ON3)cc2Cl)C(=O)N1CC)NCC1CCOCC1.CC.CCC. The number of hydroxylamine groups is 1. The summed E-state index contributed by atoms with van der Waals surface area (Å²) in [6.45, 7) is 20.9. The first-order valence-electron chi connectivity index (χ1n) is 14.4. The molecule has 4 rings (SSSR count). The van der Waals surface area contributed by atoms with E-state index in [1.165, 1.54) is 6.42 Å². The third-order valence-electron chi connectivity index (χ3n) is 6.26. The third kappa shape index (κ3) is 8.78. The van der Waals surface area contributed by atoms with Crippen molar-refractivity contribution >= 4 is 34.8 Å². The van der Waals surface area contributed by atoms with Gasteiger partial charge in [0.2, 0.25) is 0 Å². The van der Waals surface area contributed by atoms with Crippen molar-refractivity contribution in [2.24, 2.45) is 15.9 Å². The Morgan fingerprint density at radius 1 is 1.27 bits per heavy atom. The van der Waals surface area contributed by atoms with Gasteiger partial charge in [-0.2, -0.15) is 0 Å². The van der Waals surface area contributed by atoms with Crippen LogP contribution >= 0.6 is 11.6 Å². The molecule has 1 atom stereocenters. The van der Waals surface area contributed by atoms with Crippen LogP contribution in [0.4, 0.5) is 0 Å². The Hall–Kier alpha value is -2.94. The molecule has 1 unspecified atom stereocenters. The standard InChI is InChI=1S/C26H32ClN5O3.C3H8.C2H6/c1-5-19-13-22(21-8-7-20(14-23(21)27)24-30-17(4)35-31-24)26(33)32(6-2)25(19)29-16(3)28-15-18-9-11-34-12-10-18;1-3-2;1-2/h5,7-8,13-14,17-18,28H,3,6,9-12,15H2,1-2,4H3,(H,30,31);3H2,1-2H3;1-2H3/b19-5-,29-25+;;. The van der Waals surface area contributed by atoms with Crippen LogP contribution in [-0.2, 0) is 14.4 Å². The van der Waals surface area contributed by atoms with Gasteiger partial charge in [-0.25, -0.2) is 20.3 Å². The van der Waals surface area contributed by atoms with Crippen LogP contribution in [0.25, 0.3) is 5.57 Å². The summed E-state index contributed by atoms with van der Waals surface area (Å²) in [7, 11) is 0. The summed E-state index contributed by atoms with van der Waals surface area (Å²) in [6.07, 6.45) is 6.82. The molecule has 1 fully saturated rings. The summed E-state index contributed by atoms with van der Waals surface area (Å²) in [5, 5.41) is 3.78. The second-order valence-electron chi connectivity index (χ2n) is 9.37. The van der Waals surface area contributed by atoms with Crippen LogP contribution in [0.5, 0.6) is 0 Å². The third-order valence-corrected chi connectivity index (χ3v) is 6.58. The van der Waals surface area contributed by atoms with Gasteiger partial charge in [0.15, 0.2) is 12.1 Å². The lowest BCUT2D eigenvalue weighted by atomic mass is 9.95. The molecular weight excluding hydrogens is 526 g/mol. The number of nitrogens with zero attached hydrogens (tertiary/aromatic N) is 3. The van der Waals surface area contributed by atoms with E-state index in [0.717, 1.165) is 43.7 Å². The molecule has 2 N–H and O–H groups in total. The Morgan fingerprint density at radius 3 is 2.50 bits per heavy atom. The van der Waals surface area contributed by atoms with Crippen molar-refractivity contribution in [2.45, 2.75) is 74.0 Å². The maximum atomic E-state index is 13.5. The Balaban J connectivity index is 0.00000105. The minimum Gasteiger partial charge on any atom is -0.381 e. The zero-order chi connectivity index (χ0) is 29.7. The van der Waals surface area contributed by atoms with Crippen molar-refractivity contribution in [1.29, 1.82) is 0 Å². The molecule has 0 aliphatic carbocycles. The zero-order valence-corrected chi connectivity index (χ0v) is 25.9. The molecule has 0 radical (unpaired) electrons. The summed E-state index contributed by atoms with van der Waals surface area (Å²) >= 11 is 6.64. The lowest BCUT2D eigenvalue weighted by Gasteiger charge is -2.30. The van der Waals surface area contributed by atoms with Crippen LogP contribution in [-0.4, -0.2) is 55.0 Å². The molecule has 3 aliphatic heterocycles. The fourth-order valence-corrected chi connectivity index (χ4v) is 4.56. The van der Waals surface area contributed by atoms with Crippen molar-refractivity contribution in [1.82, 2.24) is 15.7 Å². The molecule has 1 aromatic carbocycles. The van der Waals surface area contributed by atoms with Gasteiger partial charge in [-0.3, -0.25) is 9.69 Å². The smallest absolute Gasteiger partial charge is 0.260 e. The van der Waals surface area contributed by atoms with E-state index >= 15 is 0 Å². The number of allylic oxidation sites excluding steroid dienone is 1. The first-order chi connectivity index (χ1) is 19.3. The minimum atomic E-state index is -0.264. The van der Waals surface area contributed by atoms with E-state index in [1.807, 2.05) is 58.9 Å². The molecule has 0 spiro atoms. The van der Waals surface area contributed by atoms with E-state index in [4.69, 9.17) is 26.2 Å². The van der Waals surface area contributed by atoms with Crippen molar-refractivity contribution in [3.63, 3.8) is 0 Å². The number of ether oxygens (including phenoxy) is 1. The number of nitrogens with one attached hydrogen (secondary N) is 2. The highest BCUT2D eigenvalue weighted by molar-refractivity contribution is 6.37. The molecular formula is C31H46ClN5O3. The number of benzene rings is 1. The second-order valence-corrected chi connectivity index (χ2v) is 9.78. The highest BCUT2D eigenvalue weighted by Gasteiger charge is 2.31. The average Bonchev–Trinajstić information content (AvgIpc) is 3.41. The fourth-order valence-electron chi connectivity index (χ4n) is 4.27. The van der Waals surface area contributed by atoms with Crippen molar-refractivity contribution in [2.75, 3.05) is 26.3 Å². The van der Waals surface area contributed by atoms with Crippen molar-refractivity contribution in [3.8, 4) is 0 Å². The summed E-state index contributed by atoms with van der Waals surface area (Å²) in [6, 6.07) is 5.50. The highest BCUT2D eigenvalue weighted by atomic mass is 35.5. The molecule has 1 amide bonds. The quantitative estimate of drug-likeness (QED) is 0.391. The number of amides is 1. The van der Waals surface area contributed by atoms with Crippen LogP contribution in [0.3, 0.4) is 0 Å². The first-order valence-corrected chi connectivity index (χ1v) is 14.8. The number of aliphatic imine (C=N–C) groups is 2. The molecule has 1 aromatic rings. The van der Waals surface area contributed by atoms with Gasteiger partial charge in [0.1, 0.15) is 11.7 Å². The van der Waals surface area contributed by atoms with E-state index in [2.05, 4.69) is 36.2 Å². The lowest BCUT2D eigenvalue weighted by Crippen LogP contribution is -2.41. The van der Waals surface area contributed by atoms with E-state index < -0.39 is 0 Å². The number of halogens is 1. The number of amidine groups is 2. The molecule has 40 heavy (non-hydrogen) atoms. The van der Waals surface area contributed by atoms with Gasteiger partial charge in [0.05, 0.1) is 0 Å². The molecule has 1 saturated heterocycles. The van der Waals surface area contributed by atoms with Crippen LogP contribution in [0, 0.1) is 5.92 Å². The van der Waals surface area contributed by atoms with Gasteiger partial charge in [0.25, 0.3) is 5.91 Å². The number of carbonyl (C=O) groups excluding carboxylic acids is 1. The van der Waals surface area contributed by atoms with Gasteiger partial charge in [0, 0.05) is 53.6 Å². The van der Waals surface area contributed by atoms with Gasteiger partial charge < -0.3 is 10.1 Å². The number of rotatable bonds is 7. The first kappa shape index (κ1) is 33.3. The lowest BCUT2D eigenvalue weighted by molar-refractivity contribution is -0.121. The highest BCUT2D eigenvalue weighted by Crippen LogP contribution is 2.32. The maximum absolute atomic E-state index is 13.5. The molecule has 3 aliphatic rings. The van der Waals surface area contributed by atoms with E-state index in [1.54, 1.807) is 11.0 Å². The van der Waals surface area contributed by atoms with Gasteiger partial charge in [-0.15, -0.1) is 0 Å². The van der Waals surface area contributed by atoms with E-state index in [-0.39, 0.29) is 12.1 Å². The average molecular weight is 572 g/mol. The number of carbonyl (C=O) groups is 1. The van der Waals surface area contributed by atoms with Crippen LogP contribution in [0.1, 0.15) is 78.9 Å². The monoisotopic (exact) mass is 571 g/mol. The van der Waals surface area contributed by atoms with Crippen LogP contribution in [0.15, 0.2) is 58.3 Å². The van der Waals surface area contributed by atoms with Gasteiger partial charge >= 0.3 is 0 Å². The predicted octanol–water partition coefficient (Wildman–Crippen LogP) is 6.49. The summed E-state index contributed by atoms with van der Waals surface area (Å²) in [5.74, 6) is 2.11. The summed E-state index contributed by atoms with van der Waals surface area (Å²) in [4.78, 5) is 29.5. The maximum Gasteiger partial charge on any atom is 0.260 e. The van der Waals surface area contributed by atoms with Gasteiger partial charge in [-0.1, -0.05) is 70.5 Å². The molecule has 0 bridgehead atoms. The van der Waals surface area contributed by atoms with Gasteiger partial charge in [-0.05, 0) is 51.7 Å². The number of hydrogen-bond donors (Lipinski definition) is 2.